The van der Waals surface area contributed by atoms with Gasteiger partial charge in [0.05, 0.1) is 25.1 Å². The van der Waals surface area contributed by atoms with Gasteiger partial charge in [0.25, 0.3) is 5.56 Å². The molecule has 280 valence electrons. The van der Waals surface area contributed by atoms with Gasteiger partial charge < -0.3 is 34.9 Å². The van der Waals surface area contributed by atoms with Gasteiger partial charge in [-0.1, -0.05) is 18.2 Å². The number of aliphatic hydroxyl groups excluding tert-OH is 2. The van der Waals surface area contributed by atoms with Crippen LogP contribution in [-0.4, -0.2) is 102 Å². The van der Waals surface area contributed by atoms with Gasteiger partial charge in [0.15, 0.2) is 24.0 Å². The summed E-state index contributed by atoms with van der Waals surface area (Å²) in [4.78, 5) is 51.1. The van der Waals surface area contributed by atoms with Gasteiger partial charge >= 0.3 is 18.5 Å². The molecule has 0 aliphatic carbocycles. The number of unbranched alkanes of at least 4 members (excludes halogenated alkanes) is 2. The number of anilines is 1. The third-order valence-corrected chi connectivity index (χ3v) is 12.1. The second-order valence-corrected chi connectivity index (χ2v) is 15.9. The Bertz CT molecular complexity index is 2000. The molecule has 0 radical (unpaired) electrons. The molecule has 4 aromatic rings. The Morgan fingerprint density at radius 2 is 1.88 bits per heavy atom. The second kappa shape index (κ2) is 16.8. The molecule has 0 saturated carbocycles. The number of aromatic amines is 1. The number of carbonyl (C=O) groups excluding carboxylic acids is 1. The summed E-state index contributed by atoms with van der Waals surface area (Å²) in [5, 5.41) is 21.3. The van der Waals surface area contributed by atoms with E-state index in [0.717, 1.165) is 22.0 Å². The number of benzene rings is 1. The van der Waals surface area contributed by atoms with Crippen LogP contribution in [0.5, 0.6) is 0 Å². The van der Waals surface area contributed by atoms with E-state index in [4.69, 9.17) is 33.7 Å². The number of hydrogen-bond donors (Lipinski definition) is 4. The minimum Gasteiger partial charge on any atom is -0.462 e. The molecule has 5 N–H and O–H groups in total. The number of ether oxygens (including phenoxy) is 4. The van der Waals surface area contributed by atoms with Crippen LogP contribution >= 0.6 is 18.2 Å². The first-order valence-electron chi connectivity index (χ1n) is 16.3. The Labute approximate surface area is 299 Å². The zero-order chi connectivity index (χ0) is 36.8. The third-order valence-electron chi connectivity index (χ3n) is 8.37. The number of rotatable bonds is 16. The molecule has 8 atom stereocenters. The predicted octanol–water partition coefficient (Wildman–Crippen LogP) is 1.74. The highest BCUT2D eigenvalue weighted by molar-refractivity contribution is 8.55. The molecule has 52 heavy (non-hydrogen) atoms. The summed E-state index contributed by atoms with van der Waals surface area (Å²) in [6.45, 7) is -4.74. The summed E-state index contributed by atoms with van der Waals surface area (Å²) in [5.74, 6) is -0.0242. The number of fused-ring (bicyclic) bond motifs is 1. The van der Waals surface area contributed by atoms with Crippen LogP contribution in [0, 0.1) is 0 Å². The number of methoxy groups -OCH3 is 1. The Kier molecular flexibility index (Phi) is 12.2. The highest BCUT2D eigenvalue weighted by Crippen LogP contribution is 2.64. The fraction of sp³-hybridized carbons (Fsp3) is 0.484. The van der Waals surface area contributed by atoms with Gasteiger partial charge in [0.2, 0.25) is 0 Å². The zero-order valence-electron chi connectivity index (χ0n) is 27.8. The summed E-state index contributed by atoms with van der Waals surface area (Å²) in [5.41, 5.74) is 5.63. The number of aliphatic hydroxyl groups is 2. The monoisotopic (exact) mass is 763 g/mol. The average molecular weight is 764 g/mol. The molecule has 2 saturated heterocycles. The van der Waals surface area contributed by atoms with Crippen LogP contribution in [0.1, 0.15) is 48.5 Å². The van der Waals surface area contributed by atoms with E-state index in [0.29, 0.717) is 36.0 Å². The Hall–Kier alpha value is -3.98. The molecule has 2 fully saturated rings. The van der Waals surface area contributed by atoms with Gasteiger partial charge in [0, 0.05) is 31.5 Å². The van der Waals surface area contributed by atoms with Crippen LogP contribution in [0.2, 0.25) is 0 Å². The number of esters is 1. The SMILES string of the molecule is COC1[C@@H](OP(=O)(O[C@H]2O[C@@H](n3cnc4c(N)ncnc43)C[C@H]2O)SCCCCCOC(=O)c2ccccc2)[C@@H](CO)O[C@H]1n1ccc(=O)[nH]c1=O. The van der Waals surface area contributed by atoms with E-state index in [1.807, 2.05) is 0 Å². The van der Waals surface area contributed by atoms with Gasteiger partial charge in [-0.2, -0.15) is 0 Å². The highest BCUT2D eigenvalue weighted by atomic mass is 32.7. The number of imidazole rings is 1. The molecule has 2 unspecified atom stereocenters. The van der Waals surface area contributed by atoms with Crippen LogP contribution in [0.25, 0.3) is 11.2 Å². The molecule has 0 spiro atoms. The van der Waals surface area contributed by atoms with Crippen molar-refractivity contribution >= 4 is 41.1 Å². The minimum absolute atomic E-state index is 0.0100. The van der Waals surface area contributed by atoms with E-state index in [2.05, 4.69) is 19.9 Å². The van der Waals surface area contributed by atoms with Crippen molar-refractivity contribution in [2.45, 2.75) is 68.8 Å². The molecule has 0 amide bonds. The Balaban J connectivity index is 1.16. The number of aromatic nitrogens is 6. The van der Waals surface area contributed by atoms with Crippen molar-refractivity contribution < 1.29 is 47.6 Å². The fourth-order valence-corrected chi connectivity index (χ4v) is 9.50. The summed E-state index contributed by atoms with van der Waals surface area (Å²) in [6.07, 6.45) is -2.66. The minimum atomic E-state index is -4.30. The standard InChI is InChI=1S/C31H38N7O12PS/c1-45-25-24(20(15-39)47-28(25)37-11-10-21(41)36-31(37)43)49-51(44,52-13-7-3-6-12-46-29(42)18-8-4-2-5-9-18)50-30-19(40)14-22(48-30)38-17-35-23-26(32)33-16-34-27(23)38/h2,4-5,8-11,16-17,19-20,22,24-25,28,30,39-40H,3,6-7,12-15H2,1H3,(H2,32,33,34)(H,36,41,43)/t19-,20-,22-,24+,25?,28-,30-,51?/m1/s1. The zero-order valence-corrected chi connectivity index (χ0v) is 29.5. The van der Waals surface area contributed by atoms with Crippen molar-refractivity contribution in [2.75, 3.05) is 31.8 Å². The van der Waals surface area contributed by atoms with Gasteiger partial charge in [-0.05, 0) is 42.8 Å². The predicted molar refractivity (Wildman–Crippen MR) is 184 cm³/mol. The van der Waals surface area contributed by atoms with Crippen molar-refractivity contribution in [1.29, 1.82) is 0 Å². The molecular weight excluding hydrogens is 725 g/mol. The molecule has 2 aliphatic rings. The van der Waals surface area contributed by atoms with Crippen molar-refractivity contribution in [3.63, 3.8) is 0 Å². The van der Waals surface area contributed by atoms with Crippen molar-refractivity contribution in [1.82, 2.24) is 29.1 Å². The Morgan fingerprint density at radius 3 is 2.63 bits per heavy atom. The molecule has 19 nitrogen and oxygen atoms in total. The van der Waals surface area contributed by atoms with Crippen LogP contribution in [0.15, 0.2) is 64.8 Å². The number of nitrogens with one attached hydrogen (secondary N) is 1. The topological polar surface area (TPSA) is 254 Å². The van der Waals surface area contributed by atoms with Gasteiger partial charge in [-0.15, -0.1) is 0 Å². The summed E-state index contributed by atoms with van der Waals surface area (Å²) < 4.78 is 52.2. The molecule has 5 heterocycles. The number of nitrogen functional groups attached to an aromatic ring is 1. The molecular formula is C31H38N7O12PS. The lowest BCUT2D eigenvalue weighted by molar-refractivity contribution is -0.131. The number of H-pyrrole nitrogens is 1. The molecule has 0 bridgehead atoms. The van der Waals surface area contributed by atoms with Crippen molar-refractivity contribution in [2.24, 2.45) is 0 Å². The molecule has 21 heteroatoms. The normalized spacial score (nSPS) is 25.7. The maximum atomic E-state index is 14.6. The van der Waals surface area contributed by atoms with E-state index >= 15 is 0 Å². The van der Waals surface area contributed by atoms with E-state index in [9.17, 15) is 29.2 Å². The molecule has 6 rings (SSSR count). The highest BCUT2D eigenvalue weighted by Gasteiger charge is 2.52. The smallest absolute Gasteiger partial charge is 0.391 e. The number of hydrogen-bond acceptors (Lipinski definition) is 17. The number of nitrogens with zero attached hydrogens (tertiary/aromatic N) is 5. The van der Waals surface area contributed by atoms with Crippen molar-refractivity contribution in [3.8, 4) is 0 Å². The average Bonchev–Trinajstić information content (AvgIpc) is 3.83. The first-order chi connectivity index (χ1) is 25.1. The lowest BCUT2D eigenvalue weighted by Gasteiger charge is -2.29. The van der Waals surface area contributed by atoms with E-state index in [1.165, 1.54) is 26.0 Å². The van der Waals surface area contributed by atoms with Crippen LogP contribution in [0.4, 0.5) is 5.82 Å². The maximum Gasteiger partial charge on any atom is 0.391 e. The summed E-state index contributed by atoms with van der Waals surface area (Å²) in [7, 11) is 1.32. The Morgan fingerprint density at radius 1 is 1.08 bits per heavy atom. The number of nitrogens with two attached hydrogens (primary N) is 1. The largest absolute Gasteiger partial charge is 0.462 e. The van der Waals surface area contributed by atoms with Gasteiger partial charge in [-0.25, -0.2) is 29.1 Å². The second-order valence-electron chi connectivity index (χ2n) is 11.8. The van der Waals surface area contributed by atoms with E-state index in [1.54, 1.807) is 34.9 Å². The van der Waals surface area contributed by atoms with E-state index in [-0.39, 0.29) is 24.6 Å². The van der Waals surface area contributed by atoms with E-state index < -0.39 is 73.8 Å². The summed E-state index contributed by atoms with van der Waals surface area (Å²) >= 11 is 0.838. The number of carbonyl (C=O) groups is 1. The molecule has 2 aliphatic heterocycles. The lowest BCUT2D eigenvalue weighted by atomic mass is 10.1. The maximum absolute atomic E-state index is 14.6. The van der Waals surface area contributed by atoms with Crippen LogP contribution < -0.4 is 17.0 Å². The quantitative estimate of drug-likeness (QED) is 0.0720. The lowest BCUT2D eigenvalue weighted by Crippen LogP contribution is -2.40. The van der Waals surface area contributed by atoms with Gasteiger partial charge in [-0.3, -0.25) is 28.0 Å². The first-order valence-corrected chi connectivity index (χ1v) is 19.4. The van der Waals surface area contributed by atoms with Gasteiger partial charge in [0.1, 0.15) is 42.5 Å². The fourth-order valence-electron chi connectivity index (χ4n) is 5.80. The van der Waals surface area contributed by atoms with Crippen molar-refractivity contribution in [3.05, 3.63) is 81.7 Å². The summed E-state index contributed by atoms with van der Waals surface area (Å²) in [6, 6.07) is 9.74. The molecule has 3 aromatic heterocycles. The third kappa shape index (κ3) is 8.46. The first kappa shape index (κ1) is 37.8. The molecule has 1 aromatic carbocycles. The van der Waals surface area contributed by atoms with Crippen LogP contribution in [0.3, 0.4) is 0 Å². The van der Waals surface area contributed by atoms with Crippen LogP contribution in [-0.2, 0) is 32.6 Å².